The maximum absolute atomic E-state index is 12.7. The molecule has 1 aromatic carbocycles. The number of carbonyl (C=O) groups is 1. The van der Waals surface area contributed by atoms with Crippen molar-refractivity contribution in [3.05, 3.63) is 35.4 Å². The number of aliphatic imine (C=N–C) groups is 1. The number of hydrogen-bond acceptors (Lipinski definition) is 6. The van der Waals surface area contributed by atoms with Gasteiger partial charge in [0.25, 0.3) is 11.9 Å². The van der Waals surface area contributed by atoms with Crippen LogP contribution in [0, 0.1) is 0 Å². The Morgan fingerprint density at radius 3 is 2.46 bits per heavy atom. The summed E-state index contributed by atoms with van der Waals surface area (Å²) in [5, 5.41) is 0. The number of nitrogens with zero attached hydrogens (tertiary/aromatic N) is 2. The van der Waals surface area contributed by atoms with Gasteiger partial charge in [-0.1, -0.05) is 24.3 Å². The quantitative estimate of drug-likeness (QED) is 0.679. The van der Waals surface area contributed by atoms with Gasteiger partial charge in [0.15, 0.2) is 5.60 Å². The van der Waals surface area contributed by atoms with Crippen molar-refractivity contribution < 1.29 is 23.7 Å². The Kier molecular flexibility index (Phi) is 3.64. The van der Waals surface area contributed by atoms with Crippen molar-refractivity contribution in [2.24, 2.45) is 4.99 Å². The van der Waals surface area contributed by atoms with Gasteiger partial charge in [0.05, 0.1) is 37.6 Å². The molecule has 2 saturated heterocycles. The molecule has 1 saturated carbocycles. The average molecular weight is 384 g/mol. The molecular formula is C21H24N2O5. The first kappa shape index (κ1) is 16.9. The number of hydrogen-bond donors (Lipinski definition) is 0. The molecule has 6 rings (SSSR count). The van der Waals surface area contributed by atoms with Crippen molar-refractivity contribution in [2.45, 2.75) is 55.7 Å². The molecule has 1 amide bonds. The van der Waals surface area contributed by atoms with Crippen LogP contribution in [-0.2, 0) is 35.9 Å². The Balaban J connectivity index is 1.16. The summed E-state index contributed by atoms with van der Waals surface area (Å²) in [7, 11) is 0. The van der Waals surface area contributed by atoms with Gasteiger partial charge >= 0.3 is 0 Å². The first-order valence-electron chi connectivity index (χ1n) is 10.2. The van der Waals surface area contributed by atoms with Crippen molar-refractivity contribution in [1.29, 1.82) is 0 Å². The third kappa shape index (κ3) is 2.39. The molecule has 0 aromatic heterocycles. The van der Waals surface area contributed by atoms with E-state index in [1.165, 1.54) is 11.1 Å². The SMILES string of the molecule is O=C1N=C(N2CCC3(CC2)OCc2ccccc23)OC12C[C@@H]1OCCO[C@@H]1C2. The normalized spacial score (nSPS) is 35.8. The zero-order valence-corrected chi connectivity index (χ0v) is 15.8. The van der Waals surface area contributed by atoms with Crippen LogP contribution in [0.1, 0.15) is 36.8 Å². The molecule has 4 aliphatic heterocycles. The Bertz CT molecular complexity index is 831. The van der Waals surface area contributed by atoms with Gasteiger partial charge in [-0.2, -0.15) is 4.99 Å². The molecule has 4 heterocycles. The number of amides is 1. The maximum Gasteiger partial charge on any atom is 0.296 e. The van der Waals surface area contributed by atoms with Gasteiger partial charge < -0.3 is 23.8 Å². The molecule has 0 N–H and O–H groups in total. The molecule has 3 fully saturated rings. The predicted octanol–water partition coefficient (Wildman–Crippen LogP) is 1.74. The second-order valence-corrected chi connectivity index (χ2v) is 8.45. The second-order valence-electron chi connectivity index (χ2n) is 8.45. The fraction of sp³-hybridized carbons (Fsp3) is 0.619. The molecule has 148 valence electrons. The monoisotopic (exact) mass is 384 g/mol. The number of likely N-dealkylation sites (tertiary alicyclic amines) is 1. The number of carbonyl (C=O) groups excluding carboxylic acids is 1. The third-order valence-corrected chi connectivity index (χ3v) is 6.95. The lowest BCUT2D eigenvalue weighted by molar-refractivity contribution is -0.131. The zero-order chi connectivity index (χ0) is 18.8. The van der Waals surface area contributed by atoms with Gasteiger partial charge in [-0.15, -0.1) is 0 Å². The van der Waals surface area contributed by atoms with E-state index in [2.05, 4.69) is 34.2 Å². The van der Waals surface area contributed by atoms with Crippen LogP contribution in [-0.4, -0.2) is 60.9 Å². The minimum absolute atomic E-state index is 0.0692. The average Bonchev–Trinajstić information content (AvgIpc) is 3.37. The van der Waals surface area contributed by atoms with E-state index in [1.54, 1.807) is 0 Å². The topological polar surface area (TPSA) is 69.6 Å². The number of fused-ring (bicyclic) bond motifs is 3. The molecule has 5 aliphatic rings. The van der Waals surface area contributed by atoms with Crippen molar-refractivity contribution >= 4 is 11.9 Å². The van der Waals surface area contributed by atoms with Crippen LogP contribution >= 0.6 is 0 Å². The van der Waals surface area contributed by atoms with E-state index in [0.29, 0.717) is 38.7 Å². The number of rotatable bonds is 0. The highest BCUT2D eigenvalue weighted by molar-refractivity contribution is 6.01. The van der Waals surface area contributed by atoms with Gasteiger partial charge in [-0.3, -0.25) is 4.79 Å². The highest BCUT2D eigenvalue weighted by atomic mass is 16.6. The summed E-state index contributed by atoms with van der Waals surface area (Å²) in [6.45, 7) is 3.36. The highest BCUT2D eigenvalue weighted by Gasteiger charge is 2.58. The van der Waals surface area contributed by atoms with Crippen LogP contribution in [0.15, 0.2) is 29.3 Å². The van der Waals surface area contributed by atoms with E-state index in [0.717, 1.165) is 25.9 Å². The number of benzene rings is 1. The van der Waals surface area contributed by atoms with Gasteiger partial charge in [0, 0.05) is 25.9 Å². The zero-order valence-electron chi connectivity index (χ0n) is 15.8. The Morgan fingerprint density at radius 1 is 1.00 bits per heavy atom. The first-order chi connectivity index (χ1) is 13.7. The Labute approximate surface area is 163 Å². The van der Waals surface area contributed by atoms with E-state index in [9.17, 15) is 4.79 Å². The van der Waals surface area contributed by atoms with Gasteiger partial charge in [-0.05, 0) is 24.0 Å². The smallest absolute Gasteiger partial charge is 0.296 e. The van der Waals surface area contributed by atoms with Crippen molar-refractivity contribution in [2.75, 3.05) is 26.3 Å². The number of amidine groups is 1. The minimum Gasteiger partial charge on any atom is -0.448 e. The Morgan fingerprint density at radius 2 is 1.71 bits per heavy atom. The van der Waals surface area contributed by atoms with Crippen molar-refractivity contribution in [1.82, 2.24) is 4.90 Å². The summed E-state index contributed by atoms with van der Waals surface area (Å²) in [5.41, 5.74) is 1.48. The van der Waals surface area contributed by atoms with Crippen LogP contribution in [0.3, 0.4) is 0 Å². The summed E-state index contributed by atoms with van der Waals surface area (Å²) < 4.78 is 24.0. The maximum atomic E-state index is 12.7. The van der Waals surface area contributed by atoms with E-state index in [1.807, 2.05) is 0 Å². The molecule has 7 nitrogen and oxygen atoms in total. The lowest BCUT2D eigenvalue weighted by Gasteiger charge is -2.39. The summed E-state index contributed by atoms with van der Waals surface area (Å²) in [6.07, 6.45) is 2.64. The van der Waals surface area contributed by atoms with E-state index in [-0.39, 0.29) is 23.7 Å². The van der Waals surface area contributed by atoms with Gasteiger partial charge in [0.1, 0.15) is 0 Å². The number of ether oxygens (including phenoxy) is 4. The Hall–Kier alpha value is -1.96. The molecule has 0 bridgehead atoms. The van der Waals surface area contributed by atoms with E-state index in [4.69, 9.17) is 18.9 Å². The van der Waals surface area contributed by atoms with E-state index < -0.39 is 5.60 Å². The minimum atomic E-state index is -0.902. The van der Waals surface area contributed by atoms with Crippen LogP contribution in [0.5, 0.6) is 0 Å². The largest absolute Gasteiger partial charge is 0.448 e. The van der Waals surface area contributed by atoms with Crippen LogP contribution in [0.25, 0.3) is 0 Å². The first-order valence-corrected chi connectivity index (χ1v) is 10.2. The molecular weight excluding hydrogens is 360 g/mol. The lowest BCUT2D eigenvalue weighted by Crippen LogP contribution is -2.46. The molecule has 7 heteroatoms. The highest BCUT2D eigenvalue weighted by Crippen LogP contribution is 2.46. The second kappa shape index (κ2) is 6.02. The standard InChI is InChI=1S/C21H24N2O5/c24-18-21(11-16-17(12-21)26-10-9-25-16)28-19(22-18)23-7-5-20(6-8-23)15-4-2-1-3-14(15)13-27-20/h1-4,16-17H,5-13H2/t16-,17+,21?. The fourth-order valence-corrected chi connectivity index (χ4v) is 5.41. The summed E-state index contributed by atoms with van der Waals surface area (Å²) in [4.78, 5) is 19.1. The summed E-state index contributed by atoms with van der Waals surface area (Å²) in [6, 6.07) is 8.94. The van der Waals surface area contributed by atoms with Crippen LogP contribution in [0.2, 0.25) is 0 Å². The predicted molar refractivity (Wildman–Crippen MR) is 98.7 cm³/mol. The van der Waals surface area contributed by atoms with Crippen molar-refractivity contribution in [3.63, 3.8) is 0 Å². The molecule has 28 heavy (non-hydrogen) atoms. The fourth-order valence-electron chi connectivity index (χ4n) is 5.41. The third-order valence-electron chi connectivity index (χ3n) is 6.95. The molecule has 1 unspecified atom stereocenters. The van der Waals surface area contributed by atoms with Gasteiger partial charge in [-0.25, -0.2) is 0 Å². The van der Waals surface area contributed by atoms with Crippen LogP contribution < -0.4 is 0 Å². The van der Waals surface area contributed by atoms with Gasteiger partial charge in [0.2, 0.25) is 0 Å². The molecule has 1 aromatic rings. The van der Waals surface area contributed by atoms with E-state index >= 15 is 0 Å². The number of piperidine rings is 1. The molecule has 1 aliphatic carbocycles. The summed E-state index contributed by atoms with van der Waals surface area (Å²) >= 11 is 0. The van der Waals surface area contributed by atoms with Crippen LogP contribution in [0.4, 0.5) is 0 Å². The molecule has 0 radical (unpaired) electrons. The summed E-state index contributed by atoms with van der Waals surface area (Å²) in [5.74, 6) is -0.188. The molecule has 2 spiro atoms. The lowest BCUT2D eigenvalue weighted by atomic mass is 9.84. The van der Waals surface area contributed by atoms with Crippen molar-refractivity contribution in [3.8, 4) is 0 Å². The molecule has 3 atom stereocenters.